The van der Waals surface area contributed by atoms with Crippen molar-refractivity contribution in [1.82, 2.24) is 10.6 Å². The molecule has 4 nitrogen and oxygen atoms in total. The van der Waals surface area contributed by atoms with Crippen molar-refractivity contribution >= 4 is 41.5 Å². The van der Waals surface area contributed by atoms with Gasteiger partial charge in [0.15, 0.2) is 5.96 Å². The third-order valence-electron chi connectivity index (χ3n) is 5.54. The molecule has 0 amide bonds. The topological polar surface area (TPSA) is 45.7 Å². The van der Waals surface area contributed by atoms with Gasteiger partial charge in [0.2, 0.25) is 0 Å². The monoisotopic (exact) mass is 461 g/mol. The molecule has 1 saturated carbocycles. The molecule has 3 aliphatic rings. The molecule has 6 heteroatoms. The molecule has 2 aliphatic heterocycles. The minimum Gasteiger partial charge on any atom is -0.373 e. The zero-order valence-corrected chi connectivity index (χ0v) is 17.0. The van der Waals surface area contributed by atoms with Gasteiger partial charge in [0.1, 0.15) is 0 Å². The van der Waals surface area contributed by atoms with E-state index in [0.29, 0.717) is 18.2 Å². The molecule has 1 aliphatic carbocycles. The lowest BCUT2D eigenvalue weighted by atomic mass is 9.95. The van der Waals surface area contributed by atoms with E-state index in [1.54, 1.807) is 0 Å². The minimum atomic E-state index is 0. The van der Waals surface area contributed by atoms with Crippen LogP contribution >= 0.6 is 35.6 Å². The summed E-state index contributed by atoms with van der Waals surface area (Å²) in [5, 5.41) is 7.88. The first-order valence-electron chi connectivity index (χ1n) is 8.57. The van der Waals surface area contributed by atoms with Crippen LogP contribution in [0.5, 0.6) is 0 Å². The first kappa shape index (κ1) is 18.3. The van der Waals surface area contributed by atoms with Crippen molar-refractivity contribution in [3.63, 3.8) is 0 Å². The summed E-state index contributed by atoms with van der Waals surface area (Å²) < 4.78 is 5.91. The van der Waals surface area contributed by atoms with Crippen LogP contribution in [0.25, 0.3) is 0 Å². The van der Waals surface area contributed by atoms with E-state index < -0.39 is 0 Å². The molecule has 4 rings (SSSR count). The summed E-state index contributed by atoms with van der Waals surface area (Å²) in [6.07, 6.45) is 6.71. The molecule has 2 heterocycles. The third-order valence-corrected chi connectivity index (χ3v) is 5.77. The molecule has 3 fully saturated rings. The number of nitrogens with one attached hydrogen (secondary N) is 2. The standard InChI is InChI=1S/C18H24ClN3O.HI/c1-20-17(22-15-10-14-5-6-16(15)23-14)21-11-18(7-8-18)12-3-2-4-13(19)9-12;/h2-4,9,14-16H,5-8,10-11H2,1H3,(H2,20,21,22);1H. The smallest absolute Gasteiger partial charge is 0.191 e. The van der Waals surface area contributed by atoms with Crippen LogP contribution in [0.15, 0.2) is 29.3 Å². The number of hydrogen-bond donors (Lipinski definition) is 2. The van der Waals surface area contributed by atoms with Crippen molar-refractivity contribution in [2.75, 3.05) is 13.6 Å². The molecule has 2 saturated heterocycles. The highest BCUT2D eigenvalue weighted by molar-refractivity contribution is 14.0. The first-order chi connectivity index (χ1) is 11.2. The normalized spacial score (nSPS) is 29.9. The van der Waals surface area contributed by atoms with Gasteiger partial charge in [-0.25, -0.2) is 0 Å². The average Bonchev–Trinajstić information content (AvgIpc) is 3.07. The van der Waals surface area contributed by atoms with Gasteiger partial charge in [-0.1, -0.05) is 23.7 Å². The Morgan fingerprint density at radius 3 is 2.79 bits per heavy atom. The number of benzene rings is 1. The van der Waals surface area contributed by atoms with Crippen LogP contribution in [0, 0.1) is 0 Å². The first-order valence-corrected chi connectivity index (χ1v) is 8.95. The van der Waals surface area contributed by atoms with Gasteiger partial charge >= 0.3 is 0 Å². The fraction of sp³-hybridized carbons (Fsp3) is 0.611. The molecule has 1 aromatic rings. The zero-order chi connectivity index (χ0) is 15.9. The maximum absolute atomic E-state index is 6.15. The number of nitrogens with zero attached hydrogens (tertiary/aromatic N) is 1. The lowest BCUT2D eigenvalue weighted by Crippen LogP contribution is -2.49. The summed E-state index contributed by atoms with van der Waals surface area (Å²) in [7, 11) is 1.84. The Morgan fingerprint density at radius 2 is 2.21 bits per heavy atom. The van der Waals surface area contributed by atoms with Crippen LogP contribution in [-0.2, 0) is 10.2 Å². The van der Waals surface area contributed by atoms with Crippen molar-refractivity contribution in [2.24, 2.45) is 4.99 Å². The molecule has 3 unspecified atom stereocenters. The predicted octanol–water partition coefficient (Wildman–Crippen LogP) is 3.47. The summed E-state index contributed by atoms with van der Waals surface area (Å²) >= 11 is 6.15. The predicted molar refractivity (Wildman–Crippen MR) is 109 cm³/mol. The van der Waals surface area contributed by atoms with Crippen LogP contribution in [-0.4, -0.2) is 37.8 Å². The van der Waals surface area contributed by atoms with Crippen LogP contribution in [0.2, 0.25) is 5.02 Å². The highest BCUT2D eigenvalue weighted by Crippen LogP contribution is 2.48. The number of ether oxygens (including phenoxy) is 1. The van der Waals surface area contributed by atoms with E-state index in [2.05, 4.69) is 27.8 Å². The van der Waals surface area contributed by atoms with Crippen molar-refractivity contribution in [3.05, 3.63) is 34.9 Å². The van der Waals surface area contributed by atoms with Crippen LogP contribution in [0.4, 0.5) is 0 Å². The van der Waals surface area contributed by atoms with Gasteiger partial charge in [-0.3, -0.25) is 4.99 Å². The van der Waals surface area contributed by atoms with Gasteiger partial charge in [0.25, 0.3) is 0 Å². The Bertz CT molecular complexity index is 620. The molecule has 0 radical (unpaired) electrons. The molecule has 3 atom stereocenters. The summed E-state index contributed by atoms with van der Waals surface area (Å²) in [5.41, 5.74) is 1.55. The van der Waals surface area contributed by atoms with Gasteiger partial charge in [-0.15, -0.1) is 24.0 Å². The van der Waals surface area contributed by atoms with E-state index in [1.165, 1.54) is 31.2 Å². The largest absolute Gasteiger partial charge is 0.373 e. The second-order valence-electron chi connectivity index (χ2n) is 7.08. The Kier molecular flexibility index (Phi) is 5.62. The quantitative estimate of drug-likeness (QED) is 0.410. The van der Waals surface area contributed by atoms with E-state index in [-0.39, 0.29) is 29.4 Å². The SMILES string of the molecule is CN=C(NCC1(c2cccc(Cl)c2)CC1)NC1CC2CCC1O2.I. The molecule has 2 bridgehead atoms. The van der Waals surface area contributed by atoms with Gasteiger partial charge in [0.05, 0.1) is 18.2 Å². The summed E-state index contributed by atoms with van der Waals surface area (Å²) in [6, 6.07) is 8.65. The molecule has 0 aromatic heterocycles. The Labute approximate surface area is 165 Å². The molecular formula is C18H25ClIN3O. The van der Waals surface area contributed by atoms with E-state index >= 15 is 0 Å². The number of aliphatic imine (C=N–C) groups is 1. The van der Waals surface area contributed by atoms with Gasteiger partial charge in [-0.2, -0.15) is 0 Å². The number of hydrogen-bond acceptors (Lipinski definition) is 2. The van der Waals surface area contributed by atoms with Crippen molar-refractivity contribution in [1.29, 1.82) is 0 Å². The number of fused-ring (bicyclic) bond motifs is 2. The minimum absolute atomic E-state index is 0. The fourth-order valence-electron chi connectivity index (χ4n) is 3.95. The maximum atomic E-state index is 6.15. The van der Waals surface area contributed by atoms with E-state index in [1.807, 2.05) is 19.2 Å². The Morgan fingerprint density at radius 1 is 1.38 bits per heavy atom. The van der Waals surface area contributed by atoms with Crippen LogP contribution in [0.3, 0.4) is 0 Å². The van der Waals surface area contributed by atoms with E-state index in [4.69, 9.17) is 16.3 Å². The average molecular weight is 462 g/mol. The lowest BCUT2D eigenvalue weighted by Gasteiger charge is -2.24. The molecule has 2 N–H and O–H groups in total. The van der Waals surface area contributed by atoms with Crippen LogP contribution in [0.1, 0.15) is 37.7 Å². The second-order valence-corrected chi connectivity index (χ2v) is 7.51. The second kappa shape index (κ2) is 7.38. The third kappa shape index (κ3) is 3.68. The Hall–Kier alpha value is -0.530. The summed E-state index contributed by atoms with van der Waals surface area (Å²) in [6.45, 7) is 0.898. The van der Waals surface area contributed by atoms with Gasteiger partial charge < -0.3 is 15.4 Å². The highest BCUT2D eigenvalue weighted by atomic mass is 127. The number of halogens is 2. The number of guanidine groups is 1. The van der Waals surface area contributed by atoms with E-state index in [9.17, 15) is 0 Å². The summed E-state index contributed by atoms with van der Waals surface area (Å²) in [4.78, 5) is 4.39. The fourth-order valence-corrected chi connectivity index (χ4v) is 4.14. The zero-order valence-electron chi connectivity index (χ0n) is 13.9. The van der Waals surface area contributed by atoms with Crippen LogP contribution < -0.4 is 10.6 Å². The maximum Gasteiger partial charge on any atom is 0.191 e. The molecule has 1 aromatic carbocycles. The van der Waals surface area contributed by atoms with Crippen molar-refractivity contribution < 1.29 is 4.74 Å². The Balaban J connectivity index is 0.00000169. The number of rotatable bonds is 4. The lowest BCUT2D eigenvalue weighted by molar-refractivity contribution is 0.0992. The van der Waals surface area contributed by atoms with Crippen molar-refractivity contribution in [2.45, 2.75) is 55.8 Å². The molecule has 0 spiro atoms. The van der Waals surface area contributed by atoms with Crippen molar-refractivity contribution in [3.8, 4) is 0 Å². The highest BCUT2D eigenvalue weighted by Gasteiger charge is 2.45. The molecular weight excluding hydrogens is 437 g/mol. The molecule has 132 valence electrons. The van der Waals surface area contributed by atoms with E-state index in [0.717, 1.165) is 23.9 Å². The summed E-state index contributed by atoms with van der Waals surface area (Å²) in [5.74, 6) is 0.888. The molecule has 24 heavy (non-hydrogen) atoms. The van der Waals surface area contributed by atoms with Gasteiger partial charge in [-0.05, 0) is 49.8 Å². The van der Waals surface area contributed by atoms with Gasteiger partial charge in [0, 0.05) is 24.0 Å².